The molecule has 1 N–H and O–H groups in total. The fourth-order valence-electron chi connectivity index (χ4n) is 2.88. The highest BCUT2D eigenvalue weighted by molar-refractivity contribution is 6.02. The number of ether oxygens (including phenoxy) is 1. The number of para-hydroxylation sites is 2. The molecule has 0 radical (unpaired) electrons. The fraction of sp³-hybridized carbons (Fsp3) is 0.150. The van der Waals surface area contributed by atoms with Gasteiger partial charge in [-0.15, -0.1) is 0 Å². The molecule has 154 valence electrons. The Morgan fingerprint density at radius 1 is 1.13 bits per heavy atom. The van der Waals surface area contributed by atoms with Gasteiger partial charge in [0.2, 0.25) is 5.95 Å². The molecule has 0 fully saturated rings. The van der Waals surface area contributed by atoms with Gasteiger partial charge in [0.15, 0.2) is 12.4 Å². The summed E-state index contributed by atoms with van der Waals surface area (Å²) in [6, 6.07) is 13.5. The highest BCUT2D eigenvalue weighted by Gasteiger charge is 2.30. The minimum Gasteiger partial charge on any atom is -0.471 e. The van der Waals surface area contributed by atoms with Crippen molar-refractivity contribution in [1.29, 1.82) is 0 Å². The van der Waals surface area contributed by atoms with E-state index in [-0.39, 0.29) is 18.2 Å². The van der Waals surface area contributed by atoms with Crippen molar-refractivity contribution in [2.45, 2.75) is 12.9 Å². The number of halogens is 3. The maximum atomic E-state index is 12.8. The number of hydrogen-bond acceptors (Lipinski definition) is 4. The number of anilines is 1. The van der Waals surface area contributed by atoms with Crippen LogP contribution in [0.4, 0.5) is 19.1 Å². The third-order valence-electron chi connectivity index (χ3n) is 4.41. The second-order valence-electron chi connectivity index (χ2n) is 6.48. The molecular formula is C20H16F3N5O2. The fourth-order valence-corrected chi connectivity index (χ4v) is 2.88. The van der Waals surface area contributed by atoms with Crippen LogP contribution in [0.3, 0.4) is 0 Å². The van der Waals surface area contributed by atoms with Crippen LogP contribution >= 0.6 is 0 Å². The van der Waals surface area contributed by atoms with Gasteiger partial charge in [0.25, 0.3) is 5.91 Å². The van der Waals surface area contributed by atoms with Crippen LogP contribution in [0.2, 0.25) is 0 Å². The lowest BCUT2D eigenvalue weighted by Gasteiger charge is -2.10. The molecule has 7 nitrogen and oxygen atoms in total. The zero-order valence-corrected chi connectivity index (χ0v) is 15.7. The van der Waals surface area contributed by atoms with E-state index in [9.17, 15) is 18.0 Å². The van der Waals surface area contributed by atoms with Crippen LogP contribution < -0.4 is 10.1 Å². The zero-order chi connectivity index (χ0) is 21.3. The van der Waals surface area contributed by atoms with E-state index < -0.39 is 17.6 Å². The van der Waals surface area contributed by atoms with E-state index >= 15 is 0 Å². The van der Waals surface area contributed by atoms with Crippen molar-refractivity contribution in [3.63, 3.8) is 0 Å². The summed E-state index contributed by atoms with van der Waals surface area (Å²) >= 11 is 0. The standard InChI is InChI=1S/C20H16F3N5O2/c1-27-17-8-3-2-7-15(17)24-19(27)25-18(29)16-9-10-28(26-16)12-30-14-6-4-5-13(11-14)20(21,22)23/h2-11H,12H2,1H3,(H,24,25,29). The Balaban J connectivity index is 1.42. The molecule has 0 spiro atoms. The molecular weight excluding hydrogens is 399 g/mol. The summed E-state index contributed by atoms with van der Waals surface area (Å²) in [7, 11) is 1.78. The summed E-state index contributed by atoms with van der Waals surface area (Å²) in [4.78, 5) is 16.8. The Morgan fingerprint density at radius 3 is 2.70 bits per heavy atom. The molecule has 0 aliphatic heterocycles. The van der Waals surface area contributed by atoms with E-state index in [1.54, 1.807) is 11.6 Å². The molecule has 4 rings (SSSR count). The summed E-state index contributed by atoms with van der Waals surface area (Å²) in [6.45, 7) is -0.152. The largest absolute Gasteiger partial charge is 0.471 e. The molecule has 0 unspecified atom stereocenters. The number of aryl methyl sites for hydroxylation is 1. The summed E-state index contributed by atoms with van der Waals surface area (Å²) in [5, 5.41) is 6.79. The Bertz CT molecular complexity index is 1210. The Morgan fingerprint density at radius 2 is 1.93 bits per heavy atom. The van der Waals surface area contributed by atoms with Gasteiger partial charge >= 0.3 is 6.18 Å². The van der Waals surface area contributed by atoms with Crippen molar-refractivity contribution in [3.05, 3.63) is 72.1 Å². The third kappa shape index (κ3) is 3.97. The van der Waals surface area contributed by atoms with E-state index in [0.717, 1.165) is 23.2 Å². The predicted molar refractivity (Wildman–Crippen MR) is 103 cm³/mol. The number of imidazole rings is 1. The second-order valence-corrected chi connectivity index (χ2v) is 6.48. The summed E-state index contributed by atoms with van der Waals surface area (Å²) in [5.74, 6) is -0.0479. The van der Waals surface area contributed by atoms with E-state index in [0.29, 0.717) is 5.95 Å². The molecule has 2 aromatic heterocycles. The summed E-state index contributed by atoms with van der Waals surface area (Å²) < 4.78 is 46.7. The lowest BCUT2D eigenvalue weighted by molar-refractivity contribution is -0.137. The monoisotopic (exact) mass is 415 g/mol. The minimum absolute atomic E-state index is 0.0472. The van der Waals surface area contributed by atoms with Crippen molar-refractivity contribution in [3.8, 4) is 5.75 Å². The molecule has 0 aliphatic carbocycles. The van der Waals surface area contributed by atoms with Crippen molar-refractivity contribution in [1.82, 2.24) is 19.3 Å². The number of carbonyl (C=O) groups excluding carboxylic acids is 1. The molecule has 0 saturated carbocycles. The zero-order valence-electron chi connectivity index (χ0n) is 15.7. The van der Waals surface area contributed by atoms with Crippen molar-refractivity contribution < 1.29 is 22.7 Å². The first-order chi connectivity index (χ1) is 14.3. The Labute approximate surface area is 168 Å². The molecule has 30 heavy (non-hydrogen) atoms. The second kappa shape index (κ2) is 7.54. The number of fused-ring (bicyclic) bond motifs is 1. The topological polar surface area (TPSA) is 74.0 Å². The number of aromatic nitrogens is 4. The molecule has 2 aromatic carbocycles. The van der Waals surface area contributed by atoms with Gasteiger partial charge in [-0.25, -0.2) is 9.67 Å². The van der Waals surface area contributed by atoms with Gasteiger partial charge in [0, 0.05) is 13.2 Å². The van der Waals surface area contributed by atoms with Crippen LogP contribution in [0.25, 0.3) is 11.0 Å². The van der Waals surface area contributed by atoms with Crippen LogP contribution in [-0.4, -0.2) is 25.2 Å². The number of nitrogens with zero attached hydrogens (tertiary/aromatic N) is 4. The van der Waals surface area contributed by atoms with Gasteiger partial charge in [-0.05, 0) is 36.4 Å². The molecule has 4 aromatic rings. The number of carbonyl (C=O) groups is 1. The lowest BCUT2D eigenvalue weighted by atomic mass is 10.2. The molecule has 0 atom stereocenters. The van der Waals surface area contributed by atoms with Crippen molar-refractivity contribution in [2.75, 3.05) is 5.32 Å². The molecule has 10 heteroatoms. The van der Waals surface area contributed by atoms with E-state index in [4.69, 9.17) is 4.74 Å². The van der Waals surface area contributed by atoms with Crippen LogP contribution in [0, 0.1) is 0 Å². The van der Waals surface area contributed by atoms with E-state index in [2.05, 4.69) is 15.4 Å². The van der Waals surface area contributed by atoms with E-state index in [1.807, 2.05) is 24.3 Å². The highest BCUT2D eigenvalue weighted by Crippen LogP contribution is 2.31. The van der Waals surface area contributed by atoms with Crippen LogP contribution in [0.1, 0.15) is 16.1 Å². The van der Waals surface area contributed by atoms with Crippen LogP contribution in [0.15, 0.2) is 60.8 Å². The maximum Gasteiger partial charge on any atom is 0.416 e. The highest BCUT2D eigenvalue weighted by atomic mass is 19.4. The first-order valence-electron chi connectivity index (χ1n) is 8.87. The summed E-state index contributed by atoms with van der Waals surface area (Å²) in [6.07, 6.45) is -2.95. The average Bonchev–Trinajstić information content (AvgIpc) is 3.32. The van der Waals surface area contributed by atoms with Crippen LogP contribution in [-0.2, 0) is 20.0 Å². The maximum absolute atomic E-state index is 12.8. The number of rotatable bonds is 5. The SMILES string of the molecule is Cn1c(NC(=O)c2ccn(COc3cccc(C(F)(F)F)c3)n2)nc2ccccc21. The van der Waals surface area contributed by atoms with Gasteiger partial charge in [-0.1, -0.05) is 18.2 Å². The van der Waals surface area contributed by atoms with Gasteiger partial charge in [-0.2, -0.15) is 18.3 Å². The molecule has 2 heterocycles. The molecule has 0 saturated heterocycles. The quantitative estimate of drug-likeness (QED) is 0.533. The first kappa shape index (κ1) is 19.5. The minimum atomic E-state index is -4.45. The van der Waals surface area contributed by atoms with Gasteiger partial charge in [0.05, 0.1) is 16.6 Å². The molecule has 0 bridgehead atoms. The average molecular weight is 415 g/mol. The van der Waals surface area contributed by atoms with Crippen molar-refractivity contribution >= 4 is 22.9 Å². The number of amides is 1. The first-order valence-corrected chi connectivity index (χ1v) is 8.87. The van der Waals surface area contributed by atoms with E-state index in [1.165, 1.54) is 29.1 Å². The molecule has 0 aliphatic rings. The predicted octanol–water partition coefficient (Wildman–Crippen LogP) is 4.08. The lowest BCUT2D eigenvalue weighted by Crippen LogP contribution is -2.16. The van der Waals surface area contributed by atoms with Gasteiger partial charge in [0.1, 0.15) is 5.75 Å². The number of hydrogen-bond donors (Lipinski definition) is 1. The van der Waals surface area contributed by atoms with Crippen LogP contribution in [0.5, 0.6) is 5.75 Å². The summed E-state index contributed by atoms with van der Waals surface area (Å²) in [5.41, 5.74) is 0.931. The number of benzene rings is 2. The van der Waals surface area contributed by atoms with Crippen molar-refractivity contribution in [2.24, 2.45) is 7.05 Å². The number of alkyl halides is 3. The normalized spacial score (nSPS) is 11.6. The van der Waals surface area contributed by atoms with Gasteiger partial charge < -0.3 is 9.30 Å². The smallest absolute Gasteiger partial charge is 0.416 e. The Kier molecular flexibility index (Phi) is 4.90. The molecule has 1 amide bonds. The third-order valence-corrected chi connectivity index (χ3v) is 4.41. The Hall–Kier alpha value is -3.82. The number of nitrogens with one attached hydrogen (secondary N) is 1. The van der Waals surface area contributed by atoms with Gasteiger partial charge in [-0.3, -0.25) is 10.1 Å².